The van der Waals surface area contributed by atoms with Crippen LogP contribution in [0.15, 0.2) is 42.5 Å². The van der Waals surface area contributed by atoms with Crippen molar-refractivity contribution in [1.82, 2.24) is 0 Å². The number of aromatic hydroxyl groups is 4. The second-order valence-electron chi connectivity index (χ2n) is 4.09. The Morgan fingerprint density at radius 2 is 1.55 bits per heavy atom. The summed E-state index contributed by atoms with van der Waals surface area (Å²) in [6, 6.07) is 8.76. The molecule has 0 bridgehead atoms. The van der Waals surface area contributed by atoms with Crippen molar-refractivity contribution < 1.29 is 25.2 Å². The maximum Gasteiger partial charge on any atom is 0.201 e. The number of phenolic OH excluding ortho intramolecular Hbond substituents is 4. The highest BCUT2D eigenvalue weighted by Crippen LogP contribution is 2.37. The van der Waals surface area contributed by atoms with E-state index >= 15 is 0 Å². The maximum atomic E-state index is 11.9. The molecule has 5 heteroatoms. The second kappa shape index (κ2) is 5.36. The summed E-state index contributed by atoms with van der Waals surface area (Å²) in [5.41, 5.74) is 0.301. The van der Waals surface area contributed by atoms with Gasteiger partial charge in [0.1, 0.15) is 5.75 Å². The minimum atomic E-state index is -0.744. The molecule has 0 aliphatic heterocycles. The van der Waals surface area contributed by atoms with Gasteiger partial charge in [-0.3, -0.25) is 4.79 Å². The topological polar surface area (TPSA) is 98.0 Å². The van der Waals surface area contributed by atoms with Crippen LogP contribution in [-0.2, 0) is 0 Å². The van der Waals surface area contributed by atoms with E-state index in [1.807, 2.05) is 0 Å². The average molecular weight is 272 g/mol. The van der Waals surface area contributed by atoms with E-state index in [1.54, 1.807) is 18.2 Å². The SMILES string of the molecule is O=C(C=Cc1ccccc1O)c1ccc(O)c(O)c1O. The van der Waals surface area contributed by atoms with Gasteiger partial charge in [-0.25, -0.2) is 0 Å². The van der Waals surface area contributed by atoms with Gasteiger partial charge in [0.2, 0.25) is 5.75 Å². The van der Waals surface area contributed by atoms with Gasteiger partial charge in [-0.1, -0.05) is 18.2 Å². The lowest BCUT2D eigenvalue weighted by Gasteiger charge is -2.04. The number of hydrogen-bond donors (Lipinski definition) is 4. The molecule has 0 heterocycles. The van der Waals surface area contributed by atoms with Crippen LogP contribution in [0, 0.1) is 0 Å². The van der Waals surface area contributed by atoms with E-state index in [-0.39, 0.29) is 11.3 Å². The van der Waals surface area contributed by atoms with Crippen molar-refractivity contribution in [3.8, 4) is 23.0 Å². The first-order chi connectivity index (χ1) is 9.50. The van der Waals surface area contributed by atoms with Gasteiger partial charge in [-0.15, -0.1) is 0 Å². The number of benzene rings is 2. The average Bonchev–Trinajstić information content (AvgIpc) is 2.44. The van der Waals surface area contributed by atoms with Gasteiger partial charge < -0.3 is 20.4 Å². The van der Waals surface area contributed by atoms with Crippen LogP contribution in [0.3, 0.4) is 0 Å². The van der Waals surface area contributed by atoms with Crippen molar-refractivity contribution >= 4 is 11.9 Å². The van der Waals surface area contributed by atoms with E-state index in [0.717, 1.165) is 12.1 Å². The molecule has 2 aromatic carbocycles. The molecule has 5 nitrogen and oxygen atoms in total. The molecule has 0 saturated carbocycles. The summed E-state index contributed by atoms with van der Waals surface area (Å²) < 4.78 is 0. The van der Waals surface area contributed by atoms with Gasteiger partial charge in [0.05, 0.1) is 5.56 Å². The van der Waals surface area contributed by atoms with Crippen LogP contribution in [0.2, 0.25) is 0 Å². The number of allylic oxidation sites excluding steroid dienone is 1. The quantitative estimate of drug-likeness (QED) is 0.391. The molecule has 2 aromatic rings. The number of ketones is 1. The monoisotopic (exact) mass is 272 g/mol. The first kappa shape index (κ1) is 13.5. The van der Waals surface area contributed by atoms with E-state index in [4.69, 9.17) is 0 Å². The van der Waals surface area contributed by atoms with Crippen LogP contribution in [0.5, 0.6) is 23.0 Å². The largest absolute Gasteiger partial charge is 0.507 e. The molecule has 0 aliphatic carbocycles. The van der Waals surface area contributed by atoms with Crippen LogP contribution in [0.1, 0.15) is 15.9 Å². The summed E-state index contributed by atoms with van der Waals surface area (Å²) in [5.74, 6) is -2.48. The molecule has 0 aliphatic rings. The molecule has 0 spiro atoms. The molecule has 20 heavy (non-hydrogen) atoms. The maximum absolute atomic E-state index is 11.9. The fourth-order valence-electron chi connectivity index (χ4n) is 1.65. The summed E-state index contributed by atoms with van der Waals surface area (Å²) in [7, 11) is 0. The standard InChI is InChI=1S/C15H12O5/c16-11-4-2-1-3-9(11)5-7-12(17)10-6-8-13(18)15(20)14(10)19/h1-8,16,18-20H. The van der Waals surface area contributed by atoms with Crippen molar-refractivity contribution in [3.63, 3.8) is 0 Å². The van der Waals surface area contributed by atoms with Crippen LogP contribution in [0.4, 0.5) is 0 Å². The van der Waals surface area contributed by atoms with Crippen molar-refractivity contribution in [1.29, 1.82) is 0 Å². The number of rotatable bonds is 3. The molecule has 0 amide bonds. The third-order valence-electron chi connectivity index (χ3n) is 2.75. The minimum absolute atomic E-state index is 0.0225. The van der Waals surface area contributed by atoms with Crippen molar-refractivity contribution in [2.24, 2.45) is 0 Å². The van der Waals surface area contributed by atoms with Gasteiger partial charge in [-0.2, -0.15) is 0 Å². The molecule has 0 fully saturated rings. The highest BCUT2D eigenvalue weighted by atomic mass is 16.3. The predicted molar refractivity (Wildman–Crippen MR) is 72.9 cm³/mol. The molecule has 0 atom stereocenters. The van der Waals surface area contributed by atoms with Crippen molar-refractivity contribution in [2.75, 3.05) is 0 Å². The van der Waals surface area contributed by atoms with Crippen LogP contribution >= 0.6 is 0 Å². The van der Waals surface area contributed by atoms with Crippen molar-refractivity contribution in [2.45, 2.75) is 0 Å². The Morgan fingerprint density at radius 1 is 0.850 bits per heavy atom. The fourth-order valence-corrected chi connectivity index (χ4v) is 1.65. The molecule has 4 N–H and O–H groups in total. The Morgan fingerprint density at radius 3 is 2.25 bits per heavy atom. The molecule has 0 aromatic heterocycles. The highest BCUT2D eigenvalue weighted by molar-refractivity contribution is 6.09. The number of carbonyl (C=O) groups is 1. The fraction of sp³-hybridized carbons (Fsp3) is 0. The molecule has 2 rings (SSSR count). The first-order valence-electron chi connectivity index (χ1n) is 5.75. The Kier molecular flexibility index (Phi) is 3.61. The zero-order valence-electron chi connectivity index (χ0n) is 10.3. The number of carbonyl (C=O) groups excluding carboxylic acids is 1. The van der Waals surface area contributed by atoms with E-state index in [9.17, 15) is 25.2 Å². The molecular weight excluding hydrogens is 260 g/mol. The second-order valence-corrected chi connectivity index (χ2v) is 4.09. The van der Waals surface area contributed by atoms with E-state index < -0.39 is 23.0 Å². The van der Waals surface area contributed by atoms with Gasteiger partial charge >= 0.3 is 0 Å². The van der Waals surface area contributed by atoms with Gasteiger partial charge in [0.25, 0.3) is 0 Å². The number of phenols is 4. The number of hydrogen-bond acceptors (Lipinski definition) is 5. The van der Waals surface area contributed by atoms with E-state index in [2.05, 4.69) is 0 Å². The summed E-state index contributed by atoms with van der Waals surface area (Å²) in [6.07, 6.45) is 2.54. The van der Waals surface area contributed by atoms with Crippen LogP contribution in [-0.4, -0.2) is 26.2 Å². The van der Waals surface area contributed by atoms with Gasteiger partial charge in [-0.05, 0) is 30.4 Å². The Balaban J connectivity index is 2.30. The minimum Gasteiger partial charge on any atom is -0.507 e. The first-order valence-corrected chi connectivity index (χ1v) is 5.75. The molecule has 0 saturated heterocycles. The van der Waals surface area contributed by atoms with Gasteiger partial charge in [0, 0.05) is 5.56 Å². The van der Waals surface area contributed by atoms with Crippen molar-refractivity contribution in [3.05, 3.63) is 53.6 Å². The third-order valence-corrected chi connectivity index (χ3v) is 2.75. The van der Waals surface area contributed by atoms with Crippen LogP contribution < -0.4 is 0 Å². The zero-order valence-corrected chi connectivity index (χ0v) is 10.3. The van der Waals surface area contributed by atoms with E-state index in [0.29, 0.717) is 5.56 Å². The Bertz CT molecular complexity index is 689. The normalized spacial score (nSPS) is 10.8. The molecule has 102 valence electrons. The lowest BCUT2D eigenvalue weighted by atomic mass is 10.1. The summed E-state index contributed by atoms with van der Waals surface area (Å²) in [6.45, 7) is 0. The van der Waals surface area contributed by atoms with Crippen LogP contribution in [0.25, 0.3) is 6.08 Å². The van der Waals surface area contributed by atoms with E-state index in [1.165, 1.54) is 18.2 Å². The predicted octanol–water partition coefficient (Wildman–Crippen LogP) is 2.41. The summed E-state index contributed by atoms with van der Waals surface area (Å²) in [5, 5.41) is 37.7. The van der Waals surface area contributed by atoms with Gasteiger partial charge in [0.15, 0.2) is 17.3 Å². The Labute approximate surface area is 114 Å². The Hall–Kier alpha value is -2.95. The number of para-hydroxylation sites is 1. The lowest BCUT2D eigenvalue weighted by molar-refractivity contribution is 0.104. The molecule has 0 radical (unpaired) electrons. The molecular formula is C15H12O5. The zero-order chi connectivity index (χ0) is 14.7. The molecule has 0 unspecified atom stereocenters. The third kappa shape index (κ3) is 2.56. The smallest absolute Gasteiger partial charge is 0.201 e. The summed E-state index contributed by atoms with van der Waals surface area (Å²) in [4.78, 5) is 11.9. The lowest BCUT2D eigenvalue weighted by Crippen LogP contribution is -1.95. The summed E-state index contributed by atoms with van der Waals surface area (Å²) >= 11 is 0. The highest BCUT2D eigenvalue weighted by Gasteiger charge is 2.15.